The Morgan fingerprint density at radius 2 is 2.20 bits per heavy atom. The molecule has 0 aliphatic rings. The molecule has 0 fully saturated rings. The fourth-order valence-electron chi connectivity index (χ4n) is 0.486. The van der Waals surface area contributed by atoms with Gasteiger partial charge in [0.05, 0.1) is 0 Å². The fourth-order valence-corrected chi connectivity index (χ4v) is 2.01. The van der Waals surface area contributed by atoms with E-state index in [4.69, 9.17) is 10.8 Å². The first-order chi connectivity index (χ1) is 4.54. The van der Waals surface area contributed by atoms with Crippen LogP contribution >= 0.6 is 0 Å². The summed E-state index contributed by atoms with van der Waals surface area (Å²) in [6.07, 6.45) is 0.632. The molecule has 0 saturated carbocycles. The summed E-state index contributed by atoms with van der Waals surface area (Å²) in [5.74, 6) is 3.47. The van der Waals surface area contributed by atoms with E-state index in [1.807, 2.05) is 0 Å². The molecule has 0 rings (SSSR count). The molecule has 4 heteroatoms. The average molecular weight is 211 g/mol. The van der Waals surface area contributed by atoms with Crippen LogP contribution < -0.4 is 5.73 Å². The van der Waals surface area contributed by atoms with Gasteiger partial charge in [-0.1, -0.05) is 0 Å². The molecule has 3 N–H and O–H groups in total. The molecular formula is C6H14NO2Se+. The van der Waals surface area contributed by atoms with Gasteiger partial charge in [0.2, 0.25) is 0 Å². The molecule has 0 heterocycles. The van der Waals surface area contributed by atoms with Gasteiger partial charge in [-0.2, -0.15) is 0 Å². The number of carboxylic acids is 1. The second-order valence-corrected chi connectivity index (χ2v) is 7.42. The van der Waals surface area contributed by atoms with E-state index in [2.05, 4.69) is 11.6 Å². The Labute approximate surface area is 65.5 Å². The van der Waals surface area contributed by atoms with Crippen molar-refractivity contribution >= 4 is 19.9 Å². The molecule has 3 nitrogen and oxygen atoms in total. The van der Waals surface area contributed by atoms with Crippen LogP contribution in [0.3, 0.4) is 0 Å². The number of carboxylic acid groups (broad SMARTS) is 1. The summed E-state index contributed by atoms with van der Waals surface area (Å²) in [5, 5.41) is 9.39. The van der Waals surface area contributed by atoms with E-state index in [9.17, 15) is 4.79 Å². The van der Waals surface area contributed by atoms with Crippen molar-refractivity contribution in [2.45, 2.75) is 29.4 Å². The zero-order valence-corrected chi connectivity index (χ0v) is 8.05. The quantitative estimate of drug-likeness (QED) is 0.667. The molecule has 0 spiro atoms. The van der Waals surface area contributed by atoms with Gasteiger partial charge in [0, 0.05) is 0 Å². The van der Waals surface area contributed by atoms with Crippen LogP contribution in [-0.4, -0.2) is 31.0 Å². The normalized spacial score (nSPS) is 13.6. The van der Waals surface area contributed by atoms with Gasteiger partial charge < -0.3 is 0 Å². The van der Waals surface area contributed by atoms with Gasteiger partial charge >= 0.3 is 64.9 Å². The maximum absolute atomic E-state index is 10.2. The van der Waals surface area contributed by atoms with Crippen molar-refractivity contribution < 1.29 is 9.90 Å². The number of nitrogens with two attached hydrogens (primary N) is 1. The van der Waals surface area contributed by atoms with E-state index in [0.717, 1.165) is 5.32 Å². The van der Waals surface area contributed by atoms with Gasteiger partial charge in [-0.05, 0) is 0 Å². The first-order valence-electron chi connectivity index (χ1n) is 3.06. The third-order valence-corrected chi connectivity index (χ3v) is 3.36. The van der Waals surface area contributed by atoms with Crippen LogP contribution in [-0.2, 0) is 4.79 Å². The van der Waals surface area contributed by atoms with Gasteiger partial charge in [0.25, 0.3) is 0 Å². The van der Waals surface area contributed by atoms with Crippen LogP contribution in [0.2, 0.25) is 17.0 Å². The van der Waals surface area contributed by atoms with E-state index in [1.165, 1.54) is 0 Å². The number of aliphatic carboxylic acids is 1. The van der Waals surface area contributed by atoms with Crippen LogP contribution in [0.1, 0.15) is 6.42 Å². The van der Waals surface area contributed by atoms with Crippen molar-refractivity contribution in [3.8, 4) is 0 Å². The molecule has 0 saturated heterocycles. The SMILES string of the molecule is C[Se+](C)CCC(N)C(=O)O. The summed E-state index contributed by atoms with van der Waals surface area (Å²) in [6, 6.07) is -0.647. The zero-order valence-electron chi connectivity index (χ0n) is 6.33. The van der Waals surface area contributed by atoms with E-state index in [0.29, 0.717) is 6.42 Å². The van der Waals surface area contributed by atoms with E-state index < -0.39 is 25.9 Å². The standard InChI is InChI=1S/C6H13NO2Se/c1-10(2)4-3-5(7)6(8)9/h5H,3-4,7H2,1-2H3/p+1. The summed E-state index contributed by atoms with van der Waals surface area (Å²) >= 11 is -0.497. The molecule has 1 unspecified atom stereocenters. The number of hydrogen-bond donors (Lipinski definition) is 2. The summed E-state index contributed by atoms with van der Waals surface area (Å²) < 4.78 is 0. The second-order valence-electron chi connectivity index (χ2n) is 2.42. The third-order valence-electron chi connectivity index (χ3n) is 1.15. The van der Waals surface area contributed by atoms with Crippen molar-refractivity contribution in [3.05, 3.63) is 0 Å². The topological polar surface area (TPSA) is 63.3 Å². The van der Waals surface area contributed by atoms with E-state index >= 15 is 0 Å². The maximum atomic E-state index is 10.2. The van der Waals surface area contributed by atoms with Gasteiger partial charge in [-0.25, -0.2) is 0 Å². The van der Waals surface area contributed by atoms with Crippen molar-refractivity contribution in [1.82, 2.24) is 0 Å². The van der Waals surface area contributed by atoms with Gasteiger partial charge in [-0.15, -0.1) is 0 Å². The average Bonchev–Trinajstić information content (AvgIpc) is 1.82. The summed E-state index contributed by atoms with van der Waals surface area (Å²) in [4.78, 5) is 10.2. The van der Waals surface area contributed by atoms with Crippen molar-refractivity contribution in [1.29, 1.82) is 0 Å². The summed E-state index contributed by atoms with van der Waals surface area (Å²) in [5.41, 5.74) is 5.29. The Morgan fingerprint density at radius 1 is 1.70 bits per heavy atom. The van der Waals surface area contributed by atoms with Crippen LogP contribution in [0.5, 0.6) is 0 Å². The molecule has 0 bridgehead atoms. The molecule has 0 aliphatic carbocycles. The van der Waals surface area contributed by atoms with Gasteiger partial charge in [-0.3, -0.25) is 0 Å². The zero-order chi connectivity index (χ0) is 8.15. The molecule has 0 aromatic carbocycles. The Morgan fingerprint density at radius 3 is 2.50 bits per heavy atom. The molecule has 0 aliphatic heterocycles. The van der Waals surface area contributed by atoms with Gasteiger partial charge in [0.15, 0.2) is 0 Å². The molecule has 1 atom stereocenters. The van der Waals surface area contributed by atoms with Crippen LogP contribution in [0, 0.1) is 0 Å². The van der Waals surface area contributed by atoms with Crippen LogP contribution in [0.25, 0.3) is 0 Å². The van der Waals surface area contributed by atoms with E-state index in [-0.39, 0.29) is 0 Å². The first kappa shape index (κ1) is 9.95. The molecule has 0 amide bonds. The minimum atomic E-state index is -0.882. The monoisotopic (exact) mass is 212 g/mol. The Hall–Kier alpha value is -0.0505. The van der Waals surface area contributed by atoms with Crippen molar-refractivity contribution in [2.75, 3.05) is 0 Å². The molecule has 0 aromatic heterocycles. The number of carbonyl (C=O) groups is 1. The predicted octanol–water partition coefficient (Wildman–Crippen LogP) is 0.543. The number of hydrogen-bond acceptors (Lipinski definition) is 2. The molecule has 10 heavy (non-hydrogen) atoms. The molecule has 60 valence electrons. The van der Waals surface area contributed by atoms with Crippen LogP contribution in [0.4, 0.5) is 0 Å². The fraction of sp³-hybridized carbons (Fsp3) is 0.833. The Balaban J connectivity index is 3.40. The number of rotatable bonds is 4. The van der Waals surface area contributed by atoms with Gasteiger partial charge in [0.1, 0.15) is 0 Å². The Bertz CT molecular complexity index is 116. The summed E-state index contributed by atoms with van der Waals surface area (Å²) in [6.45, 7) is 0. The Kier molecular flexibility index (Phi) is 4.69. The summed E-state index contributed by atoms with van der Waals surface area (Å²) in [7, 11) is 0. The predicted molar refractivity (Wildman–Crippen MR) is 42.5 cm³/mol. The molecular weight excluding hydrogens is 197 g/mol. The van der Waals surface area contributed by atoms with Crippen LogP contribution in [0.15, 0.2) is 0 Å². The second kappa shape index (κ2) is 4.72. The van der Waals surface area contributed by atoms with Crippen molar-refractivity contribution in [3.63, 3.8) is 0 Å². The third kappa shape index (κ3) is 4.79. The molecule has 0 aromatic rings. The van der Waals surface area contributed by atoms with E-state index in [1.54, 1.807) is 0 Å². The minimum absolute atomic E-state index is 0.497. The molecule has 0 radical (unpaired) electrons. The first-order valence-corrected chi connectivity index (χ1v) is 7.70. The van der Waals surface area contributed by atoms with Crippen molar-refractivity contribution in [2.24, 2.45) is 5.73 Å².